The molecule has 1 heterocycles. The maximum Gasteiger partial charge on any atom is 0.230 e. The first-order valence-corrected chi connectivity index (χ1v) is 7.72. The lowest BCUT2D eigenvalue weighted by atomic mass is 9.81. The van der Waals surface area contributed by atoms with Gasteiger partial charge in [-0.2, -0.15) is 0 Å². The van der Waals surface area contributed by atoms with Crippen molar-refractivity contribution < 1.29 is 9.53 Å². The molecule has 4 nitrogen and oxygen atoms in total. The number of carbonyl (C=O) groups excluding carboxylic acids is 1. The van der Waals surface area contributed by atoms with Gasteiger partial charge in [0.25, 0.3) is 0 Å². The van der Waals surface area contributed by atoms with Gasteiger partial charge < -0.3 is 15.0 Å². The second-order valence-corrected chi connectivity index (χ2v) is 6.01. The Hall–Kier alpha value is -1.55. The molecule has 0 aromatic heterocycles. The van der Waals surface area contributed by atoms with Crippen LogP contribution in [0.4, 0.5) is 0 Å². The van der Waals surface area contributed by atoms with Gasteiger partial charge in [-0.15, -0.1) is 0 Å². The predicted molar refractivity (Wildman–Crippen MR) is 84.3 cm³/mol. The number of carbonyl (C=O) groups is 1. The van der Waals surface area contributed by atoms with E-state index in [2.05, 4.69) is 12.2 Å². The van der Waals surface area contributed by atoms with Crippen LogP contribution in [0.5, 0.6) is 5.75 Å². The molecular formula is C17H26N2O2. The second-order valence-electron chi connectivity index (χ2n) is 6.01. The predicted octanol–water partition coefficient (Wildman–Crippen LogP) is 2.43. The molecule has 1 saturated heterocycles. The standard InChI is InChI=1S/C17H26N2O2/c1-4-19(12-14-6-8-15(21-3)9-7-14)16(20)17(2)10-5-11-18-13-17/h6-9,18H,4-5,10-13H2,1-3H3. The third-order valence-corrected chi connectivity index (χ3v) is 4.32. The summed E-state index contributed by atoms with van der Waals surface area (Å²) in [4.78, 5) is 14.8. The van der Waals surface area contributed by atoms with Crippen molar-refractivity contribution in [1.29, 1.82) is 0 Å². The number of nitrogens with zero attached hydrogens (tertiary/aromatic N) is 1. The van der Waals surface area contributed by atoms with Gasteiger partial charge in [-0.3, -0.25) is 4.79 Å². The van der Waals surface area contributed by atoms with Crippen molar-refractivity contribution in [2.24, 2.45) is 5.41 Å². The van der Waals surface area contributed by atoms with Crippen LogP contribution in [0.15, 0.2) is 24.3 Å². The first-order chi connectivity index (χ1) is 10.1. The van der Waals surface area contributed by atoms with Gasteiger partial charge >= 0.3 is 0 Å². The Labute approximate surface area is 127 Å². The summed E-state index contributed by atoms with van der Waals surface area (Å²) < 4.78 is 5.17. The van der Waals surface area contributed by atoms with Gasteiger partial charge in [0.05, 0.1) is 12.5 Å². The van der Waals surface area contributed by atoms with Crippen LogP contribution in [0.2, 0.25) is 0 Å². The number of nitrogens with one attached hydrogen (secondary N) is 1. The zero-order valence-corrected chi connectivity index (χ0v) is 13.3. The largest absolute Gasteiger partial charge is 0.497 e. The van der Waals surface area contributed by atoms with E-state index in [-0.39, 0.29) is 11.3 Å². The van der Waals surface area contributed by atoms with Crippen molar-refractivity contribution in [3.8, 4) is 5.75 Å². The molecule has 21 heavy (non-hydrogen) atoms. The molecule has 4 heteroatoms. The molecule has 1 fully saturated rings. The lowest BCUT2D eigenvalue weighted by molar-refractivity contribution is -0.142. The van der Waals surface area contributed by atoms with Crippen LogP contribution in [0.25, 0.3) is 0 Å². The molecule has 2 rings (SSSR count). The van der Waals surface area contributed by atoms with E-state index in [9.17, 15) is 4.79 Å². The van der Waals surface area contributed by atoms with Crippen molar-refractivity contribution in [1.82, 2.24) is 10.2 Å². The molecule has 0 spiro atoms. The summed E-state index contributed by atoms with van der Waals surface area (Å²) in [5.74, 6) is 1.10. The smallest absolute Gasteiger partial charge is 0.230 e. The van der Waals surface area contributed by atoms with Crippen LogP contribution in [-0.4, -0.2) is 37.6 Å². The molecule has 1 amide bonds. The van der Waals surface area contributed by atoms with Gasteiger partial charge in [0.1, 0.15) is 5.75 Å². The monoisotopic (exact) mass is 290 g/mol. The number of methoxy groups -OCH3 is 1. The molecular weight excluding hydrogens is 264 g/mol. The molecule has 1 aromatic rings. The van der Waals surface area contributed by atoms with Crippen LogP contribution < -0.4 is 10.1 Å². The fraction of sp³-hybridized carbons (Fsp3) is 0.588. The average molecular weight is 290 g/mol. The van der Waals surface area contributed by atoms with E-state index in [1.165, 1.54) is 0 Å². The Morgan fingerprint density at radius 1 is 1.38 bits per heavy atom. The third kappa shape index (κ3) is 3.76. The summed E-state index contributed by atoms with van der Waals surface area (Å²) in [6.45, 7) is 7.33. The van der Waals surface area contributed by atoms with Crippen LogP contribution in [0.3, 0.4) is 0 Å². The minimum atomic E-state index is -0.263. The Balaban J connectivity index is 2.05. The lowest BCUT2D eigenvalue weighted by Crippen LogP contribution is -2.50. The van der Waals surface area contributed by atoms with Crippen LogP contribution in [-0.2, 0) is 11.3 Å². The second kappa shape index (κ2) is 6.94. The number of benzene rings is 1. The molecule has 1 aliphatic rings. The molecule has 0 radical (unpaired) electrons. The van der Waals surface area contributed by atoms with E-state index in [4.69, 9.17) is 4.74 Å². The average Bonchev–Trinajstić information content (AvgIpc) is 2.53. The van der Waals surface area contributed by atoms with Gasteiger partial charge in [-0.25, -0.2) is 0 Å². The summed E-state index contributed by atoms with van der Waals surface area (Å²) in [6.07, 6.45) is 2.04. The summed E-state index contributed by atoms with van der Waals surface area (Å²) in [5, 5.41) is 3.35. The Kier molecular flexibility index (Phi) is 5.23. The van der Waals surface area contributed by atoms with E-state index in [1.54, 1.807) is 7.11 Å². The quantitative estimate of drug-likeness (QED) is 0.905. The molecule has 1 aliphatic heterocycles. The highest BCUT2D eigenvalue weighted by Gasteiger charge is 2.37. The molecule has 1 unspecified atom stereocenters. The topological polar surface area (TPSA) is 41.6 Å². The van der Waals surface area contributed by atoms with Gasteiger partial charge in [0.15, 0.2) is 0 Å². The van der Waals surface area contributed by atoms with Crippen LogP contribution in [0.1, 0.15) is 32.3 Å². The highest BCUT2D eigenvalue weighted by Crippen LogP contribution is 2.28. The SMILES string of the molecule is CCN(Cc1ccc(OC)cc1)C(=O)C1(C)CCCNC1. The van der Waals surface area contributed by atoms with Crippen molar-refractivity contribution in [2.75, 3.05) is 26.7 Å². The van der Waals surface area contributed by atoms with Crippen LogP contribution in [0, 0.1) is 5.41 Å². The van der Waals surface area contributed by atoms with E-state index in [1.807, 2.05) is 36.1 Å². The minimum Gasteiger partial charge on any atom is -0.497 e. The molecule has 1 aromatic carbocycles. The van der Waals surface area contributed by atoms with E-state index >= 15 is 0 Å². The molecule has 116 valence electrons. The van der Waals surface area contributed by atoms with Gasteiger partial charge in [-0.1, -0.05) is 12.1 Å². The third-order valence-electron chi connectivity index (χ3n) is 4.32. The number of amides is 1. The van der Waals surface area contributed by atoms with Gasteiger partial charge in [0, 0.05) is 19.6 Å². The fourth-order valence-electron chi connectivity index (χ4n) is 2.90. The zero-order chi connectivity index (χ0) is 15.3. The number of ether oxygens (including phenoxy) is 1. The minimum absolute atomic E-state index is 0.257. The number of hydrogen-bond acceptors (Lipinski definition) is 3. The maximum atomic E-state index is 12.8. The number of piperidine rings is 1. The normalized spacial score (nSPS) is 21.9. The van der Waals surface area contributed by atoms with Crippen molar-refractivity contribution >= 4 is 5.91 Å². The van der Waals surface area contributed by atoms with Gasteiger partial charge in [0.2, 0.25) is 5.91 Å². The zero-order valence-electron chi connectivity index (χ0n) is 13.3. The Bertz CT molecular complexity index is 464. The van der Waals surface area contributed by atoms with E-state index < -0.39 is 0 Å². The van der Waals surface area contributed by atoms with E-state index in [0.29, 0.717) is 6.54 Å². The number of hydrogen-bond donors (Lipinski definition) is 1. The Morgan fingerprint density at radius 2 is 2.10 bits per heavy atom. The summed E-state index contributed by atoms with van der Waals surface area (Å²) >= 11 is 0. The first-order valence-electron chi connectivity index (χ1n) is 7.72. The maximum absolute atomic E-state index is 12.8. The van der Waals surface area contributed by atoms with Crippen molar-refractivity contribution in [3.05, 3.63) is 29.8 Å². The van der Waals surface area contributed by atoms with E-state index in [0.717, 1.165) is 43.8 Å². The van der Waals surface area contributed by atoms with Gasteiger partial charge in [-0.05, 0) is 50.9 Å². The molecule has 0 saturated carbocycles. The highest BCUT2D eigenvalue weighted by molar-refractivity contribution is 5.82. The number of rotatable bonds is 5. The summed E-state index contributed by atoms with van der Waals surface area (Å²) in [6, 6.07) is 7.93. The summed E-state index contributed by atoms with van der Waals surface area (Å²) in [7, 11) is 1.66. The Morgan fingerprint density at radius 3 is 2.62 bits per heavy atom. The molecule has 1 atom stereocenters. The highest BCUT2D eigenvalue weighted by atomic mass is 16.5. The van der Waals surface area contributed by atoms with Crippen molar-refractivity contribution in [2.45, 2.75) is 33.2 Å². The fourth-order valence-corrected chi connectivity index (χ4v) is 2.90. The molecule has 1 N–H and O–H groups in total. The van der Waals surface area contributed by atoms with Crippen LogP contribution >= 0.6 is 0 Å². The molecule has 0 aliphatic carbocycles. The van der Waals surface area contributed by atoms with Crippen molar-refractivity contribution in [3.63, 3.8) is 0 Å². The summed E-state index contributed by atoms with van der Waals surface area (Å²) in [5.41, 5.74) is 0.874. The first kappa shape index (κ1) is 15.8. The molecule has 0 bridgehead atoms. The lowest BCUT2D eigenvalue weighted by Gasteiger charge is -2.37.